The fourth-order valence-electron chi connectivity index (χ4n) is 2.42. The van der Waals surface area contributed by atoms with Gasteiger partial charge in [-0.05, 0) is 6.92 Å². The van der Waals surface area contributed by atoms with Crippen molar-refractivity contribution in [3.8, 4) is 0 Å². The molecule has 0 spiro atoms. The average Bonchev–Trinajstić information content (AvgIpc) is 3.14. The lowest BCUT2D eigenvalue weighted by molar-refractivity contribution is -0.128. The first-order chi connectivity index (χ1) is 10.6. The van der Waals surface area contributed by atoms with Crippen LogP contribution in [-0.4, -0.2) is 58.1 Å². The molecule has 118 valence electrons. The van der Waals surface area contributed by atoms with E-state index in [1.165, 1.54) is 11.3 Å². The Kier molecular flexibility index (Phi) is 4.08. The molecule has 2 aromatic heterocycles. The highest BCUT2D eigenvalue weighted by Gasteiger charge is 2.34. The number of thiazole rings is 1. The van der Waals surface area contributed by atoms with Gasteiger partial charge in [0.1, 0.15) is 0 Å². The molecule has 1 N–H and O–H groups in total. The number of aryl methyl sites for hydroxylation is 1. The molecular weight excluding hydrogens is 306 g/mol. The van der Waals surface area contributed by atoms with E-state index in [1.54, 1.807) is 16.5 Å². The van der Waals surface area contributed by atoms with Crippen LogP contribution in [0.15, 0.2) is 5.38 Å². The van der Waals surface area contributed by atoms with Gasteiger partial charge < -0.3 is 9.64 Å². The molecule has 0 bridgehead atoms. The van der Waals surface area contributed by atoms with Crippen molar-refractivity contribution in [3.05, 3.63) is 11.1 Å². The second-order valence-electron chi connectivity index (χ2n) is 5.23. The second-order valence-corrected chi connectivity index (χ2v) is 6.07. The minimum Gasteiger partial charge on any atom is -0.383 e. The minimum absolute atomic E-state index is 0.0215. The number of hydrogen-bond donors (Lipinski definition) is 1. The van der Waals surface area contributed by atoms with E-state index in [0.717, 1.165) is 10.7 Å². The van der Waals surface area contributed by atoms with Gasteiger partial charge in [-0.25, -0.2) is 4.52 Å². The van der Waals surface area contributed by atoms with Crippen molar-refractivity contribution < 1.29 is 14.3 Å². The summed E-state index contributed by atoms with van der Waals surface area (Å²) in [5.41, 5.74) is 0.967. The van der Waals surface area contributed by atoms with E-state index in [1.807, 2.05) is 12.3 Å². The monoisotopic (exact) mass is 323 g/mol. The molecule has 0 radical (unpaired) electrons. The number of fused-ring (bicyclic) bond motifs is 1. The Labute approximate surface area is 131 Å². The maximum absolute atomic E-state index is 12.3. The average molecular weight is 323 g/mol. The first-order valence-electron chi connectivity index (χ1n) is 6.97. The molecule has 22 heavy (non-hydrogen) atoms. The maximum atomic E-state index is 12.3. The van der Waals surface area contributed by atoms with E-state index >= 15 is 0 Å². The number of carbonyl (C=O) groups is 2. The van der Waals surface area contributed by atoms with Crippen molar-refractivity contribution in [1.29, 1.82) is 0 Å². The molecule has 9 heteroatoms. The Balaban J connectivity index is 1.63. The van der Waals surface area contributed by atoms with Crippen molar-refractivity contribution in [2.45, 2.75) is 13.3 Å². The fraction of sp³-hybridized carbons (Fsp3) is 0.538. The summed E-state index contributed by atoms with van der Waals surface area (Å²) in [5.74, 6) is -0.328. The van der Waals surface area contributed by atoms with E-state index in [9.17, 15) is 9.59 Å². The number of methoxy groups -OCH3 is 1. The third-order valence-corrected chi connectivity index (χ3v) is 4.57. The van der Waals surface area contributed by atoms with Gasteiger partial charge in [0, 0.05) is 32.0 Å². The van der Waals surface area contributed by atoms with Gasteiger partial charge in [-0.15, -0.1) is 16.4 Å². The molecular formula is C13H17N5O3S. The van der Waals surface area contributed by atoms with Crippen LogP contribution in [0.3, 0.4) is 0 Å². The number of carbonyl (C=O) groups excluding carboxylic acids is 2. The van der Waals surface area contributed by atoms with Gasteiger partial charge in [0.05, 0.1) is 18.2 Å². The van der Waals surface area contributed by atoms with E-state index < -0.39 is 0 Å². The number of likely N-dealkylation sites (tertiary alicyclic amines) is 1. The molecule has 1 aliphatic rings. The number of nitrogens with zero attached hydrogens (tertiary/aromatic N) is 4. The van der Waals surface area contributed by atoms with E-state index in [0.29, 0.717) is 19.7 Å². The zero-order valence-corrected chi connectivity index (χ0v) is 13.2. The lowest BCUT2D eigenvalue weighted by Crippen LogP contribution is -2.31. The Hall–Kier alpha value is -2.00. The minimum atomic E-state index is -0.369. The van der Waals surface area contributed by atoms with Gasteiger partial charge in [0.25, 0.3) is 0 Å². The van der Waals surface area contributed by atoms with E-state index in [2.05, 4.69) is 15.4 Å². The number of nitrogens with one attached hydrogen (secondary N) is 1. The van der Waals surface area contributed by atoms with Crippen molar-refractivity contribution in [2.24, 2.45) is 5.92 Å². The summed E-state index contributed by atoms with van der Waals surface area (Å²) >= 11 is 1.47. The quantitative estimate of drug-likeness (QED) is 0.867. The summed E-state index contributed by atoms with van der Waals surface area (Å²) < 4.78 is 6.65. The van der Waals surface area contributed by atoms with Crippen molar-refractivity contribution in [1.82, 2.24) is 19.5 Å². The molecule has 2 aromatic rings. The molecule has 1 unspecified atom stereocenters. The summed E-state index contributed by atoms with van der Waals surface area (Å²) in [6.45, 7) is 3.32. The smallest absolute Gasteiger partial charge is 0.250 e. The first-order valence-corrected chi connectivity index (χ1v) is 7.85. The van der Waals surface area contributed by atoms with Crippen LogP contribution < -0.4 is 5.32 Å². The van der Waals surface area contributed by atoms with Crippen LogP contribution in [0, 0.1) is 12.8 Å². The van der Waals surface area contributed by atoms with Crippen LogP contribution >= 0.6 is 11.3 Å². The van der Waals surface area contributed by atoms with E-state index in [-0.39, 0.29) is 30.1 Å². The summed E-state index contributed by atoms with van der Waals surface area (Å²) in [5, 5.41) is 8.88. The number of rotatable bonds is 5. The van der Waals surface area contributed by atoms with Crippen LogP contribution in [0.25, 0.3) is 4.96 Å². The maximum Gasteiger partial charge on any atom is 0.250 e. The lowest BCUT2D eigenvalue weighted by atomic mass is 10.1. The SMILES string of the molecule is COCCN1CC(C(=O)Nc2nc3scc(C)n3n2)CC1=O. The van der Waals surface area contributed by atoms with E-state index in [4.69, 9.17) is 4.74 Å². The number of amides is 2. The van der Waals surface area contributed by atoms with Crippen LogP contribution in [0.2, 0.25) is 0 Å². The van der Waals surface area contributed by atoms with Crippen molar-refractivity contribution in [2.75, 3.05) is 32.1 Å². The summed E-state index contributed by atoms with van der Waals surface area (Å²) in [6.07, 6.45) is 0.219. The molecule has 0 saturated carbocycles. The number of anilines is 1. The van der Waals surface area contributed by atoms with Gasteiger partial charge in [-0.2, -0.15) is 4.98 Å². The molecule has 2 amide bonds. The second kappa shape index (κ2) is 6.01. The fourth-order valence-corrected chi connectivity index (χ4v) is 3.22. The molecule has 0 aromatic carbocycles. The van der Waals surface area contributed by atoms with Gasteiger partial charge in [-0.3, -0.25) is 14.9 Å². The number of aromatic nitrogens is 3. The molecule has 0 aliphatic carbocycles. The lowest BCUT2D eigenvalue weighted by Gasteiger charge is -2.15. The molecule has 1 atom stereocenters. The Bertz CT molecular complexity index is 710. The predicted molar refractivity (Wildman–Crippen MR) is 80.8 cm³/mol. The third-order valence-electron chi connectivity index (χ3n) is 3.63. The Morgan fingerprint density at radius 1 is 1.59 bits per heavy atom. The zero-order valence-electron chi connectivity index (χ0n) is 12.4. The van der Waals surface area contributed by atoms with Crippen LogP contribution in [-0.2, 0) is 14.3 Å². The van der Waals surface area contributed by atoms with Gasteiger partial charge in [0.15, 0.2) is 0 Å². The molecule has 1 aliphatic heterocycles. The molecule has 1 fully saturated rings. The molecule has 8 nitrogen and oxygen atoms in total. The van der Waals surface area contributed by atoms with Crippen LogP contribution in [0.4, 0.5) is 5.95 Å². The summed E-state index contributed by atoms with van der Waals surface area (Å²) in [7, 11) is 1.59. The topological polar surface area (TPSA) is 88.8 Å². The Morgan fingerprint density at radius 3 is 3.14 bits per heavy atom. The highest BCUT2D eigenvalue weighted by Crippen LogP contribution is 2.20. The van der Waals surface area contributed by atoms with Crippen LogP contribution in [0.1, 0.15) is 12.1 Å². The first kappa shape index (κ1) is 14.9. The van der Waals surface area contributed by atoms with Crippen molar-refractivity contribution in [3.63, 3.8) is 0 Å². The summed E-state index contributed by atoms with van der Waals surface area (Å²) in [4.78, 5) is 30.7. The molecule has 3 rings (SSSR count). The molecule has 3 heterocycles. The van der Waals surface area contributed by atoms with Gasteiger partial charge >= 0.3 is 0 Å². The third kappa shape index (κ3) is 2.81. The highest BCUT2D eigenvalue weighted by molar-refractivity contribution is 7.15. The van der Waals surface area contributed by atoms with Gasteiger partial charge in [0.2, 0.25) is 22.7 Å². The van der Waals surface area contributed by atoms with Crippen LogP contribution in [0.5, 0.6) is 0 Å². The number of hydrogen-bond acceptors (Lipinski definition) is 6. The normalized spacial score (nSPS) is 18.4. The summed E-state index contributed by atoms with van der Waals surface area (Å²) in [6, 6.07) is 0. The highest BCUT2D eigenvalue weighted by atomic mass is 32.1. The number of ether oxygens (including phenoxy) is 1. The van der Waals surface area contributed by atoms with Gasteiger partial charge in [-0.1, -0.05) is 0 Å². The van der Waals surface area contributed by atoms with Crippen molar-refractivity contribution >= 4 is 34.1 Å². The Morgan fingerprint density at radius 2 is 2.41 bits per heavy atom. The standard InChI is InChI=1S/C13H17N5O3S/c1-8-7-22-13-15-12(16-18(8)13)14-11(20)9-5-10(19)17(6-9)3-4-21-2/h7,9H,3-6H2,1-2H3,(H,14,16,20). The zero-order chi connectivity index (χ0) is 15.7. The largest absolute Gasteiger partial charge is 0.383 e. The predicted octanol–water partition coefficient (Wildman–Crippen LogP) is 0.533. The molecule has 1 saturated heterocycles.